The number of hydrogen-bond donors (Lipinski definition) is 2. The van der Waals surface area contributed by atoms with Crippen LogP contribution in [0.3, 0.4) is 0 Å². The first-order valence-corrected chi connectivity index (χ1v) is 5.71. The molecule has 0 saturated carbocycles. The van der Waals surface area contributed by atoms with Crippen LogP contribution in [-0.4, -0.2) is 36.3 Å². The predicted molar refractivity (Wildman–Crippen MR) is 73.6 cm³/mol. The topological polar surface area (TPSA) is 104 Å². The van der Waals surface area contributed by atoms with Crippen molar-refractivity contribution in [1.82, 2.24) is 15.0 Å². The van der Waals surface area contributed by atoms with E-state index in [1.165, 1.54) is 7.11 Å². The average Bonchev–Trinajstić information content (AvgIpc) is 2.46. The summed E-state index contributed by atoms with van der Waals surface area (Å²) in [6.45, 7) is 0. The second kappa shape index (κ2) is 5.91. The Labute approximate surface area is 115 Å². The van der Waals surface area contributed by atoms with Crippen LogP contribution in [0.5, 0.6) is 17.5 Å². The van der Waals surface area contributed by atoms with Gasteiger partial charge in [0.2, 0.25) is 11.9 Å². The second-order valence-corrected chi connectivity index (χ2v) is 3.70. The maximum absolute atomic E-state index is 5.58. The van der Waals surface area contributed by atoms with Crippen molar-refractivity contribution >= 4 is 17.6 Å². The molecule has 1 aromatic carbocycles. The Morgan fingerprint density at radius 2 is 1.80 bits per heavy atom. The molecular formula is C12H15N5O3. The van der Waals surface area contributed by atoms with Gasteiger partial charge in [0, 0.05) is 6.07 Å². The van der Waals surface area contributed by atoms with E-state index in [-0.39, 0.29) is 17.9 Å². The molecule has 8 heteroatoms. The van der Waals surface area contributed by atoms with Crippen LogP contribution < -0.4 is 25.3 Å². The Morgan fingerprint density at radius 3 is 2.45 bits per heavy atom. The van der Waals surface area contributed by atoms with Crippen LogP contribution >= 0.6 is 0 Å². The predicted octanol–water partition coefficient (Wildman–Crippen LogP) is 1.22. The van der Waals surface area contributed by atoms with Gasteiger partial charge in [-0.3, -0.25) is 0 Å². The highest BCUT2D eigenvalue weighted by Gasteiger charge is 2.09. The lowest BCUT2D eigenvalue weighted by Gasteiger charge is -2.12. The van der Waals surface area contributed by atoms with Crippen LogP contribution in [0.1, 0.15) is 0 Å². The lowest BCUT2D eigenvalue weighted by molar-refractivity contribution is 0.380. The number of rotatable bonds is 5. The van der Waals surface area contributed by atoms with E-state index in [4.69, 9.17) is 19.9 Å². The molecule has 0 atom stereocenters. The molecule has 1 heterocycles. The van der Waals surface area contributed by atoms with Crippen molar-refractivity contribution < 1.29 is 14.2 Å². The van der Waals surface area contributed by atoms with E-state index in [0.717, 1.165) is 0 Å². The Morgan fingerprint density at radius 1 is 1.00 bits per heavy atom. The van der Waals surface area contributed by atoms with Crippen LogP contribution in [0.4, 0.5) is 17.6 Å². The highest BCUT2D eigenvalue weighted by atomic mass is 16.5. The normalized spacial score (nSPS) is 9.95. The number of hydrogen-bond acceptors (Lipinski definition) is 8. The van der Waals surface area contributed by atoms with E-state index in [0.29, 0.717) is 17.2 Å². The van der Waals surface area contributed by atoms with Gasteiger partial charge < -0.3 is 25.3 Å². The summed E-state index contributed by atoms with van der Waals surface area (Å²) in [5, 5.41) is 2.99. The van der Waals surface area contributed by atoms with Gasteiger partial charge in [-0.15, -0.1) is 0 Å². The minimum atomic E-state index is 0.0567. The molecule has 0 fully saturated rings. The number of nitrogen functional groups attached to an aromatic ring is 1. The molecule has 106 valence electrons. The third-order valence-corrected chi connectivity index (χ3v) is 2.47. The summed E-state index contributed by atoms with van der Waals surface area (Å²) in [6.07, 6.45) is 0. The largest absolute Gasteiger partial charge is 0.497 e. The SMILES string of the molecule is COc1ccc(OC)c(Nc2nc(N)nc(OC)n2)c1. The van der Waals surface area contributed by atoms with Crippen molar-refractivity contribution in [3.05, 3.63) is 18.2 Å². The van der Waals surface area contributed by atoms with Gasteiger partial charge in [-0.25, -0.2) is 0 Å². The van der Waals surface area contributed by atoms with E-state index in [9.17, 15) is 0 Å². The number of benzene rings is 1. The Bertz CT molecular complexity index is 606. The molecule has 0 saturated heterocycles. The minimum absolute atomic E-state index is 0.0567. The lowest BCUT2D eigenvalue weighted by atomic mass is 10.2. The molecule has 0 aliphatic carbocycles. The highest BCUT2D eigenvalue weighted by molar-refractivity contribution is 5.65. The summed E-state index contributed by atoms with van der Waals surface area (Å²) in [5.74, 6) is 1.59. The summed E-state index contributed by atoms with van der Waals surface area (Å²) in [6, 6.07) is 5.43. The zero-order valence-electron chi connectivity index (χ0n) is 11.4. The molecule has 0 spiro atoms. The first-order chi connectivity index (χ1) is 9.66. The molecule has 2 rings (SSSR count). The van der Waals surface area contributed by atoms with Crippen molar-refractivity contribution in [2.24, 2.45) is 0 Å². The fourth-order valence-electron chi connectivity index (χ4n) is 1.55. The maximum atomic E-state index is 5.58. The smallest absolute Gasteiger partial charge is 0.322 e. The number of aromatic nitrogens is 3. The molecule has 0 aliphatic rings. The van der Waals surface area contributed by atoms with Gasteiger partial charge in [-0.05, 0) is 12.1 Å². The Kier molecular flexibility index (Phi) is 4.04. The van der Waals surface area contributed by atoms with Crippen molar-refractivity contribution in [2.75, 3.05) is 32.4 Å². The summed E-state index contributed by atoms with van der Waals surface area (Å²) in [7, 11) is 4.59. The summed E-state index contributed by atoms with van der Waals surface area (Å²) in [4.78, 5) is 11.8. The number of nitrogens with one attached hydrogen (secondary N) is 1. The summed E-state index contributed by atoms with van der Waals surface area (Å²) < 4.78 is 15.4. The lowest BCUT2D eigenvalue weighted by Crippen LogP contribution is -2.05. The zero-order chi connectivity index (χ0) is 14.5. The van der Waals surface area contributed by atoms with Crippen molar-refractivity contribution in [2.45, 2.75) is 0 Å². The molecular weight excluding hydrogens is 262 g/mol. The molecule has 0 unspecified atom stereocenters. The fourth-order valence-corrected chi connectivity index (χ4v) is 1.55. The number of ether oxygens (including phenoxy) is 3. The first-order valence-electron chi connectivity index (χ1n) is 5.71. The molecule has 0 aliphatic heterocycles. The van der Waals surface area contributed by atoms with Crippen molar-refractivity contribution in [3.8, 4) is 17.5 Å². The van der Waals surface area contributed by atoms with Crippen molar-refractivity contribution in [3.63, 3.8) is 0 Å². The molecule has 0 radical (unpaired) electrons. The molecule has 3 N–H and O–H groups in total. The average molecular weight is 277 g/mol. The number of nitrogens with two attached hydrogens (primary N) is 1. The summed E-state index contributed by atoms with van der Waals surface area (Å²) >= 11 is 0. The van der Waals surface area contributed by atoms with E-state index in [2.05, 4.69) is 20.3 Å². The van der Waals surface area contributed by atoms with Gasteiger partial charge in [-0.2, -0.15) is 15.0 Å². The molecule has 20 heavy (non-hydrogen) atoms. The van der Waals surface area contributed by atoms with E-state index in [1.807, 2.05) is 0 Å². The molecule has 0 amide bonds. The maximum Gasteiger partial charge on any atom is 0.322 e. The molecule has 0 bridgehead atoms. The quantitative estimate of drug-likeness (QED) is 0.840. The number of nitrogens with zero attached hydrogens (tertiary/aromatic N) is 3. The molecule has 8 nitrogen and oxygen atoms in total. The fraction of sp³-hybridized carbons (Fsp3) is 0.250. The minimum Gasteiger partial charge on any atom is -0.497 e. The second-order valence-electron chi connectivity index (χ2n) is 3.70. The number of anilines is 3. The number of methoxy groups -OCH3 is 3. The van der Waals surface area contributed by atoms with Crippen molar-refractivity contribution in [1.29, 1.82) is 0 Å². The van der Waals surface area contributed by atoms with Crippen LogP contribution in [-0.2, 0) is 0 Å². The monoisotopic (exact) mass is 277 g/mol. The van der Waals surface area contributed by atoms with E-state index < -0.39 is 0 Å². The zero-order valence-corrected chi connectivity index (χ0v) is 11.4. The van der Waals surface area contributed by atoms with Gasteiger partial charge in [0.05, 0.1) is 27.0 Å². The highest BCUT2D eigenvalue weighted by Crippen LogP contribution is 2.30. The van der Waals surface area contributed by atoms with Gasteiger partial charge >= 0.3 is 6.01 Å². The van der Waals surface area contributed by atoms with Crippen LogP contribution in [0.2, 0.25) is 0 Å². The van der Waals surface area contributed by atoms with Crippen LogP contribution in [0.25, 0.3) is 0 Å². The van der Waals surface area contributed by atoms with Crippen LogP contribution in [0.15, 0.2) is 18.2 Å². The van der Waals surface area contributed by atoms with Gasteiger partial charge in [-0.1, -0.05) is 0 Å². The van der Waals surface area contributed by atoms with Gasteiger partial charge in [0.15, 0.2) is 0 Å². The van der Waals surface area contributed by atoms with Crippen LogP contribution in [0, 0.1) is 0 Å². The Hall–Kier alpha value is -2.77. The van der Waals surface area contributed by atoms with Gasteiger partial charge in [0.1, 0.15) is 11.5 Å². The van der Waals surface area contributed by atoms with E-state index >= 15 is 0 Å². The first kappa shape index (κ1) is 13.7. The van der Waals surface area contributed by atoms with E-state index in [1.54, 1.807) is 32.4 Å². The molecule has 1 aromatic heterocycles. The molecule has 2 aromatic rings. The van der Waals surface area contributed by atoms with Gasteiger partial charge in [0.25, 0.3) is 0 Å². The third kappa shape index (κ3) is 2.97. The standard InChI is InChI=1S/C12H15N5O3/c1-18-7-4-5-9(19-2)8(6-7)14-11-15-10(13)16-12(17-11)20-3/h4-6H,1-3H3,(H3,13,14,15,16,17). The third-order valence-electron chi connectivity index (χ3n) is 2.47. The summed E-state index contributed by atoms with van der Waals surface area (Å²) in [5.41, 5.74) is 6.22. The Balaban J connectivity index is 2.35.